The highest BCUT2D eigenvalue weighted by Gasteiger charge is 2.38. The molecule has 1 fully saturated rings. The van der Waals surface area contributed by atoms with Gasteiger partial charge in [0.15, 0.2) is 0 Å². The number of fused-ring (bicyclic) bond motifs is 1. The first-order valence-corrected chi connectivity index (χ1v) is 8.94. The molecule has 0 aliphatic carbocycles. The van der Waals surface area contributed by atoms with Gasteiger partial charge in [-0.15, -0.1) is 0 Å². The lowest BCUT2D eigenvalue weighted by molar-refractivity contribution is -0.139. The molecule has 0 bridgehead atoms. The molecule has 6 heteroatoms. The third kappa shape index (κ3) is 3.45. The lowest BCUT2D eigenvalue weighted by Gasteiger charge is -2.42. The summed E-state index contributed by atoms with van der Waals surface area (Å²) in [5, 5.41) is 3.33. The molecule has 0 spiro atoms. The van der Waals surface area contributed by atoms with Crippen LogP contribution in [0.3, 0.4) is 0 Å². The van der Waals surface area contributed by atoms with Crippen molar-refractivity contribution in [2.45, 2.75) is 18.5 Å². The maximum Gasteiger partial charge on any atom is 0.228 e. The molecule has 1 N–H and O–H groups in total. The van der Waals surface area contributed by atoms with E-state index in [4.69, 9.17) is 9.47 Å². The Labute approximate surface area is 151 Å². The topological polar surface area (TPSA) is 33.7 Å². The summed E-state index contributed by atoms with van der Waals surface area (Å²) < 4.78 is 40.1. The Morgan fingerprint density at radius 1 is 1.08 bits per heavy atom. The first kappa shape index (κ1) is 17.4. The van der Waals surface area contributed by atoms with Crippen LogP contribution in [0.2, 0.25) is 0 Å². The maximum absolute atomic E-state index is 14.7. The van der Waals surface area contributed by atoms with E-state index < -0.39 is 18.3 Å². The summed E-state index contributed by atoms with van der Waals surface area (Å²) in [6.45, 7) is 3.67. The van der Waals surface area contributed by atoms with Crippen molar-refractivity contribution in [2.75, 3.05) is 32.8 Å². The second-order valence-electron chi connectivity index (χ2n) is 6.59. The number of nitrogens with zero attached hydrogens (tertiary/aromatic N) is 1. The molecule has 26 heavy (non-hydrogen) atoms. The predicted octanol–water partition coefficient (Wildman–Crippen LogP) is 3.22. The van der Waals surface area contributed by atoms with Crippen LogP contribution in [0.5, 0.6) is 5.75 Å². The van der Waals surface area contributed by atoms with Gasteiger partial charge in [-0.3, -0.25) is 4.90 Å². The van der Waals surface area contributed by atoms with Crippen LogP contribution in [0.15, 0.2) is 48.5 Å². The predicted molar refractivity (Wildman–Crippen MR) is 94.2 cm³/mol. The highest BCUT2D eigenvalue weighted by Crippen LogP contribution is 2.39. The fourth-order valence-corrected chi connectivity index (χ4v) is 3.71. The number of para-hydroxylation sites is 1. The quantitative estimate of drug-likeness (QED) is 0.908. The minimum absolute atomic E-state index is 0.0783. The number of ether oxygens (including phenoxy) is 2. The van der Waals surface area contributed by atoms with Crippen molar-refractivity contribution in [2.24, 2.45) is 0 Å². The number of piperazine rings is 1. The minimum atomic E-state index is -1.83. The van der Waals surface area contributed by atoms with E-state index in [0.717, 1.165) is 37.5 Å². The zero-order chi connectivity index (χ0) is 17.9. The lowest BCUT2D eigenvalue weighted by Crippen LogP contribution is -2.51. The standard InChI is InChI=1S/C20H22F2N2O2/c21-16-7-3-1-5-14(16)20(22)26-18-13-25-17-8-4-2-6-15(17)19(18)24-11-9-23-10-12-24/h1-8,18-20,23H,9-13H2. The van der Waals surface area contributed by atoms with Gasteiger partial charge in [0.2, 0.25) is 6.36 Å². The molecule has 4 rings (SSSR count). The van der Waals surface area contributed by atoms with Gasteiger partial charge >= 0.3 is 0 Å². The maximum atomic E-state index is 14.7. The molecule has 0 radical (unpaired) electrons. The van der Waals surface area contributed by atoms with E-state index in [2.05, 4.69) is 10.2 Å². The fraction of sp³-hybridized carbons (Fsp3) is 0.400. The number of benzene rings is 2. The van der Waals surface area contributed by atoms with Crippen molar-refractivity contribution in [1.82, 2.24) is 10.2 Å². The Balaban J connectivity index is 1.60. The average molecular weight is 360 g/mol. The highest BCUT2D eigenvalue weighted by molar-refractivity contribution is 5.38. The van der Waals surface area contributed by atoms with Gasteiger partial charge < -0.3 is 14.8 Å². The molecule has 4 nitrogen and oxygen atoms in total. The molecule has 2 aliphatic heterocycles. The molecule has 1 saturated heterocycles. The van der Waals surface area contributed by atoms with Crippen LogP contribution < -0.4 is 10.1 Å². The highest BCUT2D eigenvalue weighted by atomic mass is 19.2. The van der Waals surface area contributed by atoms with Crippen LogP contribution in [-0.2, 0) is 4.74 Å². The number of nitrogens with one attached hydrogen (secondary N) is 1. The Morgan fingerprint density at radius 3 is 2.62 bits per heavy atom. The normalized spacial score (nSPS) is 24.5. The number of hydrogen-bond donors (Lipinski definition) is 1. The van der Waals surface area contributed by atoms with E-state index in [1.807, 2.05) is 24.3 Å². The van der Waals surface area contributed by atoms with Crippen LogP contribution in [0.1, 0.15) is 23.5 Å². The van der Waals surface area contributed by atoms with Crippen molar-refractivity contribution in [3.05, 3.63) is 65.5 Å². The molecule has 2 heterocycles. The molecular formula is C20H22F2N2O2. The summed E-state index contributed by atoms with van der Waals surface area (Å²) in [5.74, 6) is 0.202. The molecule has 0 aromatic heterocycles. The van der Waals surface area contributed by atoms with Crippen LogP contribution in [-0.4, -0.2) is 43.8 Å². The van der Waals surface area contributed by atoms with Crippen molar-refractivity contribution in [3.63, 3.8) is 0 Å². The van der Waals surface area contributed by atoms with E-state index >= 15 is 0 Å². The van der Waals surface area contributed by atoms with E-state index in [0.29, 0.717) is 0 Å². The van der Waals surface area contributed by atoms with Gasteiger partial charge in [-0.25, -0.2) is 8.78 Å². The SMILES string of the molecule is Fc1ccccc1C(F)OC1COc2ccccc2C1N1CCNCC1. The minimum Gasteiger partial charge on any atom is -0.490 e. The average Bonchev–Trinajstić information content (AvgIpc) is 2.68. The second-order valence-corrected chi connectivity index (χ2v) is 6.59. The van der Waals surface area contributed by atoms with Gasteiger partial charge in [0.1, 0.15) is 24.3 Å². The van der Waals surface area contributed by atoms with Crippen LogP contribution in [0, 0.1) is 5.82 Å². The molecule has 2 aromatic rings. The molecule has 3 atom stereocenters. The largest absolute Gasteiger partial charge is 0.490 e. The van der Waals surface area contributed by atoms with Crippen LogP contribution in [0.4, 0.5) is 8.78 Å². The molecule has 138 valence electrons. The van der Waals surface area contributed by atoms with Gasteiger partial charge in [0.05, 0.1) is 6.04 Å². The number of halogens is 2. The van der Waals surface area contributed by atoms with E-state index in [9.17, 15) is 8.78 Å². The summed E-state index contributed by atoms with van der Waals surface area (Å²) in [6.07, 6.45) is -2.35. The molecule has 0 saturated carbocycles. The summed E-state index contributed by atoms with van der Waals surface area (Å²) >= 11 is 0. The third-order valence-electron chi connectivity index (χ3n) is 4.98. The Morgan fingerprint density at radius 2 is 1.81 bits per heavy atom. The van der Waals surface area contributed by atoms with Gasteiger partial charge in [0, 0.05) is 37.3 Å². The van der Waals surface area contributed by atoms with Gasteiger partial charge in [0.25, 0.3) is 0 Å². The zero-order valence-corrected chi connectivity index (χ0v) is 14.4. The smallest absolute Gasteiger partial charge is 0.228 e. The van der Waals surface area contributed by atoms with E-state index in [-0.39, 0.29) is 18.2 Å². The van der Waals surface area contributed by atoms with Crippen molar-refractivity contribution in [3.8, 4) is 5.75 Å². The van der Waals surface area contributed by atoms with Crippen molar-refractivity contribution < 1.29 is 18.3 Å². The monoisotopic (exact) mass is 360 g/mol. The number of hydrogen-bond acceptors (Lipinski definition) is 4. The van der Waals surface area contributed by atoms with Gasteiger partial charge in [-0.2, -0.15) is 0 Å². The zero-order valence-electron chi connectivity index (χ0n) is 14.4. The third-order valence-corrected chi connectivity index (χ3v) is 4.98. The number of rotatable bonds is 4. The summed E-state index contributed by atoms with van der Waals surface area (Å²) in [5.41, 5.74) is 0.914. The Bertz CT molecular complexity index is 752. The summed E-state index contributed by atoms with van der Waals surface area (Å²) in [7, 11) is 0. The van der Waals surface area contributed by atoms with Gasteiger partial charge in [-0.1, -0.05) is 36.4 Å². The first-order valence-electron chi connectivity index (χ1n) is 8.94. The summed E-state index contributed by atoms with van der Waals surface area (Å²) in [6, 6.07) is 13.5. The number of alkyl halides is 1. The lowest BCUT2D eigenvalue weighted by atomic mass is 9.95. The van der Waals surface area contributed by atoms with E-state index in [1.54, 1.807) is 6.07 Å². The van der Waals surface area contributed by atoms with Crippen molar-refractivity contribution >= 4 is 0 Å². The Hall–Kier alpha value is -2.02. The summed E-state index contributed by atoms with van der Waals surface area (Å²) in [4.78, 5) is 2.29. The molecule has 3 unspecified atom stereocenters. The molecular weight excluding hydrogens is 338 g/mol. The molecule has 2 aromatic carbocycles. The molecule has 2 aliphatic rings. The Kier molecular flexibility index (Phi) is 5.15. The van der Waals surface area contributed by atoms with Crippen LogP contribution in [0.25, 0.3) is 0 Å². The van der Waals surface area contributed by atoms with E-state index in [1.165, 1.54) is 18.2 Å². The second kappa shape index (κ2) is 7.70. The fourth-order valence-electron chi connectivity index (χ4n) is 3.71. The van der Waals surface area contributed by atoms with Crippen LogP contribution >= 0.6 is 0 Å². The first-order chi connectivity index (χ1) is 12.7. The molecule has 0 amide bonds. The van der Waals surface area contributed by atoms with Crippen molar-refractivity contribution in [1.29, 1.82) is 0 Å². The van der Waals surface area contributed by atoms with Gasteiger partial charge in [-0.05, 0) is 12.1 Å².